The summed E-state index contributed by atoms with van der Waals surface area (Å²) in [4.78, 5) is 43.6. The Kier molecular flexibility index (Phi) is 6.79. The summed E-state index contributed by atoms with van der Waals surface area (Å²) in [6.45, 7) is 5.49. The van der Waals surface area contributed by atoms with Crippen LogP contribution in [0.4, 0.5) is 10.1 Å². The second kappa shape index (κ2) is 9.57. The minimum Gasteiger partial charge on any atom is -0.369 e. The van der Waals surface area contributed by atoms with E-state index in [4.69, 9.17) is 0 Å². The molecule has 4 rings (SSSR count). The molecule has 1 N–H and O–H groups in total. The van der Waals surface area contributed by atoms with Gasteiger partial charge in [0.1, 0.15) is 5.82 Å². The van der Waals surface area contributed by atoms with E-state index in [1.165, 1.54) is 17.0 Å². The van der Waals surface area contributed by atoms with Crippen molar-refractivity contribution in [1.82, 2.24) is 15.1 Å². The molecule has 7 nitrogen and oxygen atoms in total. The standard InChI is InChI=1S/C24H33FN4O3/c1-16(20-15-17(25)7-8-21(20)28-13-11-27(2)12-14-28)26-22(30)9-10-29-23(31)18-5-3-4-6-19(18)24(29)32/h7-8,15-16,18-19H,3-6,9-14H2,1-2H3,(H,26,30). The Hall–Kier alpha value is -2.48. The van der Waals surface area contributed by atoms with Crippen LogP contribution in [0.3, 0.4) is 0 Å². The SMILES string of the molecule is CC(NC(=O)CCN1C(=O)C2CCCCC2C1=O)c1cc(F)ccc1N1CCN(C)CC1. The molecule has 3 atom stereocenters. The van der Waals surface area contributed by atoms with Crippen LogP contribution in [-0.2, 0) is 14.4 Å². The Morgan fingerprint density at radius 3 is 2.34 bits per heavy atom. The maximum atomic E-state index is 14.0. The molecule has 1 aliphatic carbocycles. The number of carbonyl (C=O) groups excluding carboxylic acids is 3. The summed E-state index contributed by atoms with van der Waals surface area (Å²) in [5, 5.41) is 2.94. The van der Waals surface area contributed by atoms with Gasteiger partial charge in [0.15, 0.2) is 0 Å². The summed E-state index contributed by atoms with van der Waals surface area (Å²) in [5.41, 5.74) is 1.67. The predicted molar refractivity (Wildman–Crippen MR) is 119 cm³/mol. The smallest absolute Gasteiger partial charge is 0.233 e. The third-order valence-electron chi connectivity index (χ3n) is 7.17. The molecule has 1 saturated carbocycles. The third kappa shape index (κ3) is 4.65. The van der Waals surface area contributed by atoms with Gasteiger partial charge >= 0.3 is 0 Å². The number of amides is 3. The number of piperazine rings is 1. The average Bonchev–Trinajstić information content (AvgIpc) is 3.03. The summed E-state index contributed by atoms with van der Waals surface area (Å²) >= 11 is 0. The van der Waals surface area contributed by atoms with Crippen LogP contribution in [0.15, 0.2) is 18.2 Å². The van der Waals surface area contributed by atoms with Crippen molar-refractivity contribution in [3.63, 3.8) is 0 Å². The predicted octanol–water partition coefficient (Wildman–Crippen LogP) is 2.32. The Balaban J connectivity index is 1.37. The zero-order chi connectivity index (χ0) is 22.8. The molecule has 1 aromatic carbocycles. The molecule has 3 amide bonds. The Morgan fingerprint density at radius 1 is 1.09 bits per heavy atom. The Morgan fingerprint density at radius 2 is 1.72 bits per heavy atom. The van der Waals surface area contributed by atoms with E-state index in [-0.39, 0.29) is 54.4 Å². The van der Waals surface area contributed by atoms with Crippen LogP contribution in [0.1, 0.15) is 50.6 Å². The van der Waals surface area contributed by atoms with Gasteiger partial charge in [-0.1, -0.05) is 12.8 Å². The van der Waals surface area contributed by atoms with Crippen molar-refractivity contribution >= 4 is 23.4 Å². The topological polar surface area (TPSA) is 73.0 Å². The zero-order valence-electron chi connectivity index (χ0n) is 19.0. The molecule has 2 saturated heterocycles. The summed E-state index contributed by atoms with van der Waals surface area (Å²) in [6, 6.07) is 4.33. The minimum absolute atomic E-state index is 0.0560. The average molecular weight is 445 g/mol. The van der Waals surface area contributed by atoms with Crippen molar-refractivity contribution in [2.75, 3.05) is 44.7 Å². The van der Waals surface area contributed by atoms with E-state index in [9.17, 15) is 18.8 Å². The van der Waals surface area contributed by atoms with Crippen LogP contribution in [0.5, 0.6) is 0 Å². The molecule has 0 aromatic heterocycles. The molecule has 3 fully saturated rings. The molecule has 8 heteroatoms. The fourth-order valence-corrected chi connectivity index (χ4v) is 5.26. The Bertz CT molecular complexity index is 860. The molecule has 32 heavy (non-hydrogen) atoms. The van der Waals surface area contributed by atoms with Gasteiger partial charge in [-0.15, -0.1) is 0 Å². The third-order valence-corrected chi connectivity index (χ3v) is 7.17. The number of benzene rings is 1. The number of hydrogen-bond acceptors (Lipinski definition) is 5. The summed E-state index contributed by atoms with van der Waals surface area (Å²) in [6.07, 6.45) is 3.55. The van der Waals surface area contributed by atoms with Crippen LogP contribution in [0.25, 0.3) is 0 Å². The van der Waals surface area contributed by atoms with E-state index in [0.717, 1.165) is 63.1 Å². The number of likely N-dealkylation sites (tertiary alicyclic amines) is 1. The first-order chi connectivity index (χ1) is 15.3. The van der Waals surface area contributed by atoms with Crippen LogP contribution in [0, 0.1) is 17.7 Å². The van der Waals surface area contributed by atoms with E-state index < -0.39 is 0 Å². The minimum atomic E-state index is -0.389. The number of carbonyl (C=O) groups is 3. The van der Waals surface area contributed by atoms with Gasteiger partial charge in [0.25, 0.3) is 0 Å². The highest BCUT2D eigenvalue weighted by Crippen LogP contribution is 2.38. The molecule has 3 unspecified atom stereocenters. The molecule has 0 spiro atoms. The summed E-state index contributed by atoms with van der Waals surface area (Å²) < 4.78 is 14.0. The summed E-state index contributed by atoms with van der Waals surface area (Å²) in [7, 11) is 2.08. The van der Waals surface area contributed by atoms with Crippen LogP contribution >= 0.6 is 0 Å². The van der Waals surface area contributed by atoms with E-state index >= 15 is 0 Å². The fraction of sp³-hybridized carbons (Fsp3) is 0.625. The van der Waals surface area contributed by atoms with Gasteiger partial charge in [-0.3, -0.25) is 19.3 Å². The maximum absolute atomic E-state index is 14.0. The first-order valence-electron chi connectivity index (χ1n) is 11.7. The molecule has 2 aliphatic heterocycles. The second-order valence-corrected chi connectivity index (χ2v) is 9.36. The van der Waals surface area contributed by atoms with E-state index in [1.807, 2.05) is 6.92 Å². The number of likely N-dealkylation sites (N-methyl/N-ethyl adjacent to an activating group) is 1. The highest BCUT2D eigenvalue weighted by Gasteiger charge is 2.47. The number of nitrogens with zero attached hydrogens (tertiary/aromatic N) is 3. The maximum Gasteiger partial charge on any atom is 0.233 e. The molecule has 1 aromatic rings. The van der Waals surface area contributed by atoms with Gasteiger partial charge < -0.3 is 15.1 Å². The van der Waals surface area contributed by atoms with Crippen molar-refractivity contribution in [1.29, 1.82) is 0 Å². The Labute approximate surface area is 188 Å². The molecule has 174 valence electrons. The van der Waals surface area contributed by atoms with Crippen LogP contribution in [0.2, 0.25) is 0 Å². The number of anilines is 1. The van der Waals surface area contributed by atoms with Crippen LogP contribution < -0.4 is 10.2 Å². The van der Waals surface area contributed by atoms with Crippen molar-refractivity contribution in [3.8, 4) is 0 Å². The van der Waals surface area contributed by atoms with Gasteiger partial charge in [0, 0.05) is 50.4 Å². The highest BCUT2D eigenvalue weighted by atomic mass is 19.1. The second-order valence-electron chi connectivity index (χ2n) is 9.36. The van der Waals surface area contributed by atoms with Crippen molar-refractivity contribution in [2.24, 2.45) is 11.8 Å². The summed E-state index contributed by atoms with van der Waals surface area (Å²) in [5.74, 6) is -1.23. The van der Waals surface area contributed by atoms with Crippen molar-refractivity contribution < 1.29 is 18.8 Å². The largest absolute Gasteiger partial charge is 0.369 e. The van der Waals surface area contributed by atoms with E-state index in [1.54, 1.807) is 6.07 Å². The lowest BCUT2D eigenvalue weighted by Crippen LogP contribution is -2.45. The van der Waals surface area contributed by atoms with Crippen molar-refractivity contribution in [3.05, 3.63) is 29.6 Å². The van der Waals surface area contributed by atoms with E-state index in [2.05, 4.69) is 22.2 Å². The van der Waals surface area contributed by atoms with Gasteiger partial charge in [-0.2, -0.15) is 0 Å². The first-order valence-corrected chi connectivity index (χ1v) is 11.7. The number of fused-ring (bicyclic) bond motifs is 1. The number of imide groups is 1. The number of rotatable bonds is 6. The fourth-order valence-electron chi connectivity index (χ4n) is 5.26. The zero-order valence-corrected chi connectivity index (χ0v) is 19.0. The molecule has 3 aliphatic rings. The lowest BCUT2D eigenvalue weighted by Gasteiger charge is -2.36. The normalized spacial score (nSPS) is 25.1. The molecular formula is C24H33FN4O3. The molecule has 0 bridgehead atoms. The highest BCUT2D eigenvalue weighted by molar-refractivity contribution is 6.05. The molecular weight excluding hydrogens is 411 g/mol. The quantitative estimate of drug-likeness (QED) is 0.682. The van der Waals surface area contributed by atoms with Gasteiger partial charge in [-0.05, 0) is 45.0 Å². The van der Waals surface area contributed by atoms with Gasteiger partial charge in [0.2, 0.25) is 17.7 Å². The molecule has 0 radical (unpaired) electrons. The lowest BCUT2D eigenvalue weighted by atomic mass is 9.81. The van der Waals surface area contributed by atoms with Crippen LogP contribution in [-0.4, -0.2) is 67.3 Å². The molecule has 2 heterocycles. The van der Waals surface area contributed by atoms with E-state index in [0.29, 0.717) is 0 Å². The lowest BCUT2D eigenvalue weighted by molar-refractivity contribution is -0.140. The first kappa shape index (κ1) is 22.7. The monoisotopic (exact) mass is 444 g/mol. The van der Waals surface area contributed by atoms with Crippen molar-refractivity contribution in [2.45, 2.75) is 45.1 Å². The van der Waals surface area contributed by atoms with Gasteiger partial charge in [0.05, 0.1) is 17.9 Å². The van der Waals surface area contributed by atoms with Gasteiger partial charge in [-0.25, -0.2) is 4.39 Å². The number of nitrogens with one attached hydrogen (secondary N) is 1. The number of halogens is 1. The number of hydrogen-bond donors (Lipinski definition) is 1.